The minimum atomic E-state index is 0.459. The van der Waals surface area contributed by atoms with E-state index in [4.69, 9.17) is 0 Å². The lowest BCUT2D eigenvalue weighted by Gasteiger charge is -2.08. The molecule has 6 nitrogen and oxygen atoms in total. The zero-order valence-electron chi connectivity index (χ0n) is 51.8. The Morgan fingerprint density at radius 2 is 0.539 bits per heavy atom. The van der Waals surface area contributed by atoms with Gasteiger partial charge in [-0.2, -0.15) is 0 Å². The minimum absolute atomic E-state index is 0.459. The molecule has 0 amide bonds. The maximum Gasteiger partial charge on any atom is 0.132 e. The fourth-order valence-electron chi connectivity index (χ4n) is 11.2. The van der Waals surface area contributed by atoms with Gasteiger partial charge in [-0.1, -0.05) is 171 Å². The third kappa shape index (κ3) is 52.5. The molecule has 76 heavy (non-hydrogen) atoms. The van der Waals surface area contributed by atoms with E-state index in [9.17, 15) is 14.4 Å². The van der Waals surface area contributed by atoms with Crippen molar-refractivity contribution in [2.75, 3.05) is 61.9 Å². The fourth-order valence-corrected chi connectivity index (χ4v) is 11.2. The summed E-state index contributed by atoms with van der Waals surface area (Å²) in [4.78, 5) is 42.0. The van der Waals surface area contributed by atoms with Crippen LogP contribution in [0.25, 0.3) is 0 Å². The third-order valence-electron chi connectivity index (χ3n) is 16.3. The summed E-state index contributed by atoms with van der Waals surface area (Å²) >= 11 is 0. The number of carbonyl (C=O) groups excluding carboxylic acids is 3. The normalized spacial score (nSPS) is 16.9. The average molecular weight is 1060 g/mol. The maximum atomic E-state index is 11.8. The van der Waals surface area contributed by atoms with Gasteiger partial charge in [0.25, 0.3) is 0 Å². The van der Waals surface area contributed by atoms with Crippen LogP contribution in [0.4, 0.5) is 0 Å². The molecular weight excluding hydrogens is 931 g/mol. The number of Topliss-reactive ketones (excluding diaryl/α,β-unsaturated/α-hetero) is 3. The first-order chi connectivity index (χ1) is 37.0. The van der Waals surface area contributed by atoms with Crippen LogP contribution in [-0.4, -0.2) is 94.0 Å². The first-order valence-electron chi connectivity index (χ1n) is 33.2. The Morgan fingerprint density at radius 1 is 0.316 bits per heavy atom. The molecule has 0 unspecified atom stereocenters. The van der Waals surface area contributed by atoms with Crippen molar-refractivity contribution in [1.82, 2.24) is 14.7 Å². The highest BCUT2D eigenvalue weighted by atomic mass is 16.1. The Labute approximate surface area is 474 Å². The summed E-state index contributed by atoms with van der Waals surface area (Å²) in [6, 6.07) is 0. The van der Waals surface area contributed by atoms with Crippen LogP contribution in [-0.2, 0) is 14.4 Å². The fraction of sp³-hybridized carbons (Fsp3) is 0.843. The van der Waals surface area contributed by atoms with Crippen molar-refractivity contribution in [3.05, 3.63) is 48.6 Å². The van der Waals surface area contributed by atoms with Gasteiger partial charge in [-0.25, -0.2) is 0 Å². The summed E-state index contributed by atoms with van der Waals surface area (Å²) in [5, 5.41) is 0. The smallest absolute Gasteiger partial charge is 0.132 e. The van der Waals surface area contributed by atoms with Crippen LogP contribution >= 0.6 is 0 Å². The summed E-state index contributed by atoms with van der Waals surface area (Å²) in [6.07, 6.45) is 77.1. The highest BCUT2D eigenvalue weighted by Crippen LogP contribution is 2.26. The van der Waals surface area contributed by atoms with Gasteiger partial charge in [0.1, 0.15) is 17.3 Å². The summed E-state index contributed by atoms with van der Waals surface area (Å²) in [5.74, 6) is 4.11. The van der Waals surface area contributed by atoms with Crippen LogP contribution in [0.1, 0.15) is 302 Å². The monoisotopic (exact) mass is 1060 g/mol. The predicted molar refractivity (Wildman–Crippen MR) is 335 cm³/mol. The van der Waals surface area contributed by atoms with Crippen LogP contribution in [0, 0.1) is 17.8 Å². The van der Waals surface area contributed by atoms with Gasteiger partial charge in [-0.05, 0) is 221 Å². The lowest BCUT2D eigenvalue weighted by molar-refractivity contribution is -0.120. The molecule has 6 heteroatoms. The van der Waals surface area contributed by atoms with Gasteiger partial charge in [0.2, 0.25) is 0 Å². The molecule has 0 saturated heterocycles. The van der Waals surface area contributed by atoms with Gasteiger partial charge in [0.05, 0.1) is 0 Å². The Kier molecular flexibility index (Phi) is 51.8. The van der Waals surface area contributed by atoms with E-state index >= 15 is 0 Å². The standard InChI is InChI=1S/C24H45NO.C24H43NO.C22H41NO/c2*1-25(2)22-16-15-21-24(26)20-12-10-8-6-4-3-5-7-9-11-17-23-18-13-14-19-23;1-23(2)20-14-13-19-22(24)18-10-8-6-4-3-5-7-9-15-21-16-11-12-17-21/h13,18,23H,3-12,14-17,19-22H2,1-2H3;4,6,13,18,23H,3,5,7-12,14-17,19-22H2,1-2H3;11,16,21H,3-10,12-15,17-20H2,1-2H3/b;6-4+;/t2*23-;21-/m000/s1. The highest BCUT2D eigenvalue weighted by Gasteiger charge is 2.11. The molecule has 0 bridgehead atoms. The molecule has 442 valence electrons. The van der Waals surface area contributed by atoms with E-state index in [0.717, 1.165) is 147 Å². The molecule has 0 saturated carbocycles. The van der Waals surface area contributed by atoms with E-state index in [1.807, 2.05) is 0 Å². The quantitative estimate of drug-likeness (QED) is 0.0447. The second-order valence-corrected chi connectivity index (χ2v) is 24.8. The van der Waals surface area contributed by atoms with Crippen LogP contribution in [0.5, 0.6) is 0 Å². The second-order valence-electron chi connectivity index (χ2n) is 24.8. The molecule has 3 aliphatic rings. The largest absolute Gasteiger partial charge is 0.309 e. The maximum absolute atomic E-state index is 11.8. The third-order valence-corrected chi connectivity index (χ3v) is 16.3. The van der Waals surface area contributed by atoms with E-state index in [0.29, 0.717) is 17.3 Å². The average Bonchev–Trinajstić information content (AvgIpc) is 4.24. The number of carbonyl (C=O) groups is 3. The number of allylic oxidation sites excluding steroid dienone is 8. The van der Waals surface area contributed by atoms with Crippen molar-refractivity contribution >= 4 is 17.3 Å². The van der Waals surface area contributed by atoms with Gasteiger partial charge < -0.3 is 14.7 Å². The van der Waals surface area contributed by atoms with E-state index in [1.54, 1.807) is 0 Å². The van der Waals surface area contributed by atoms with E-state index in [2.05, 4.69) is 106 Å². The Morgan fingerprint density at radius 3 is 0.803 bits per heavy atom. The molecule has 3 aliphatic carbocycles. The number of hydrogen-bond donors (Lipinski definition) is 0. The first kappa shape index (κ1) is 71.9. The number of nitrogens with zero attached hydrogens (tertiary/aromatic N) is 3. The molecule has 0 fully saturated rings. The van der Waals surface area contributed by atoms with Crippen molar-refractivity contribution in [3.63, 3.8) is 0 Å². The Hall–Kier alpha value is -2.15. The molecule has 0 aliphatic heterocycles. The first-order valence-corrected chi connectivity index (χ1v) is 33.2. The molecular formula is C70H129N3O3. The van der Waals surface area contributed by atoms with E-state index in [-0.39, 0.29) is 0 Å². The summed E-state index contributed by atoms with van der Waals surface area (Å²) in [5.41, 5.74) is 0. The SMILES string of the molecule is CN(C)CCCCC(=O)CCCC/C=C/CCCCCC[C@H]1C=CCC1.CN(C)CCCCC(=O)CCCCCCCCCCCC[C@H]1C=CCC1.CN(C)CCCCC(=O)CCCCCCCCCC[C@H]1C=CCC1. The molecule has 0 radical (unpaired) electrons. The molecule has 0 heterocycles. The van der Waals surface area contributed by atoms with Crippen molar-refractivity contribution in [2.24, 2.45) is 17.8 Å². The second kappa shape index (κ2) is 54.8. The number of unbranched alkanes of at least 4 members (excludes halogenated alkanes) is 25. The zero-order chi connectivity index (χ0) is 55.2. The number of hydrogen-bond acceptors (Lipinski definition) is 6. The van der Waals surface area contributed by atoms with Gasteiger partial charge in [0, 0.05) is 38.5 Å². The van der Waals surface area contributed by atoms with Crippen LogP contribution in [0.3, 0.4) is 0 Å². The molecule has 3 rings (SSSR count). The molecule has 0 aromatic carbocycles. The summed E-state index contributed by atoms with van der Waals surface area (Å²) in [7, 11) is 12.5. The van der Waals surface area contributed by atoms with Crippen molar-refractivity contribution in [2.45, 2.75) is 302 Å². The Bertz CT molecular complexity index is 1430. The van der Waals surface area contributed by atoms with Gasteiger partial charge in [-0.3, -0.25) is 14.4 Å². The van der Waals surface area contributed by atoms with E-state index in [1.165, 1.54) is 193 Å². The lowest BCUT2D eigenvalue weighted by Crippen LogP contribution is -2.13. The van der Waals surface area contributed by atoms with Crippen LogP contribution in [0.15, 0.2) is 48.6 Å². The van der Waals surface area contributed by atoms with Crippen molar-refractivity contribution in [3.8, 4) is 0 Å². The number of rotatable bonds is 51. The molecule has 0 spiro atoms. The van der Waals surface area contributed by atoms with Gasteiger partial charge >= 0.3 is 0 Å². The zero-order valence-corrected chi connectivity index (χ0v) is 51.8. The van der Waals surface area contributed by atoms with Crippen LogP contribution in [0.2, 0.25) is 0 Å². The topological polar surface area (TPSA) is 60.9 Å². The Balaban J connectivity index is 0.000000571. The molecule has 3 atom stereocenters. The van der Waals surface area contributed by atoms with Crippen molar-refractivity contribution < 1.29 is 14.4 Å². The highest BCUT2D eigenvalue weighted by molar-refractivity contribution is 5.79. The van der Waals surface area contributed by atoms with Gasteiger partial charge in [0.15, 0.2) is 0 Å². The van der Waals surface area contributed by atoms with Crippen LogP contribution < -0.4 is 0 Å². The van der Waals surface area contributed by atoms with E-state index < -0.39 is 0 Å². The van der Waals surface area contributed by atoms with Crippen molar-refractivity contribution in [1.29, 1.82) is 0 Å². The summed E-state index contributed by atoms with van der Waals surface area (Å²) < 4.78 is 0. The minimum Gasteiger partial charge on any atom is -0.309 e. The molecule has 0 aromatic heterocycles. The summed E-state index contributed by atoms with van der Waals surface area (Å²) in [6.45, 7) is 3.30. The lowest BCUT2D eigenvalue weighted by atomic mass is 9.99. The predicted octanol–water partition coefficient (Wildman–Crippen LogP) is 19.8. The molecule has 0 N–H and O–H groups in total. The number of ketones is 3. The van der Waals surface area contributed by atoms with Gasteiger partial charge in [-0.15, -0.1) is 0 Å². The molecule has 0 aromatic rings.